The predicted molar refractivity (Wildman–Crippen MR) is 98.3 cm³/mol. The van der Waals surface area contributed by atoms with Gasteiger partial charge in [-0.2, -0.15) is 0 Å². The Morgan fingerprint density at radius 3 is 2.92 bits per heavy atom. The van der Waals surface area contributed by atoms with Gasteiger partial charge in [0.2, 0.25) is 0 Å². The molecule has 1 fully saturated rings. The summed E-state index contributed by atoms with van der Waals surface area (Å²) < 4.78 is 2.10. The van der Waals surface area contributed by atoms with Crippen molar-refractivity contribution in [2.75, 3.05) is 5.75 Å². The van der Waals surface area contributed by atoms with Gasteiger partial charge < -0.3 is 4.57 Å². The van der Waals surface area contributed by atoms with Gasteiger partial charge in [0.25, 0.3) is 0 Å². The van der Waals surface area contributed by atoms with Gasteiger partial charge in [0.05, 0.1) is 11.4 Å². The number of hydrogen-bond acceptors (Lipinski definition) is 4. The van der Waals surface area contributed by atoms with Crippen LogP contribution in [0.3, 0.4) is 0 Å². The van der Waals surface area contributed by atoms with Crippen molar-refractivity contribution in [3.8, 4) is 0 Å². The van der Waals surface area contributed by atoms with Crippen molar-refractivity contribution >= 4 is 28.4 Å². The Labute approximate surface area is 145 Å². The molecule has 0 radical (unpaired) electrons. The Bertz CT molecular complexity index is 904. The van der Waals surface area contributed by atoms with Crippen LogP contribution in [0.5, 0.6) is 0 Å². The highest BCUT2D eigenvalue weighted by atomic mass is 32.2. The molecule has 2 unspecified atom stereocenters. The number of nitrogens with zero attached hydrogens (tertiary/aromatic N) is 2. The third kappa shape index (κ3) is 2.44. The third-order valence-corrected chi connectivity index (χ3v) is 6.00. The molecule has 4 rings (SSSR count). The van der Waals surface area contributed by atoms with Gasteiger partial charge in [-0.3, -0.25) is 15.1 Å². The van der Waals surface area contributed by atoms with Crippen LogP contribution in [0, 0.1) is 6.92 Å². The molecule has 1 saturated heterocycles. The Morgan fingerprint density at radius 2 is 2.12 bits per heavy atom. The monoisotopic (exact) mass is 337 g/mol. The first-order valence-corrected chi connectivity index (χ1v) is 9.07. The molecule has 24 heavy (non-hydrogen) atoms. The van der Waals surface area contributed by atoms with E-state index in [1.165, 1.54) is 0 Å². The molecule has 0 spiro atoms. The van der Waals surface area contributed by atoms with E-state index in [0.717, 1.165) is 33.5 Å². The number of pyridine rings is 1. The van der Waals surface area contributed by atoms with Crippen molar-refractivity contribution in [2.24, 2.45) is 7.05 Å². The molecule has 1 aliphatic heterocycles. The lowest BCUT2D eigenvalue weighted by Crippen LogP contribution is -2.34. The number of carbonyl (C=O) groups is 1. The summed E-state index contributed by atoms with van der Waals surface area (Å²) >= 11 is 1.77. The van der Waals surface area contributed by atoms with E-state index in [-0.39, 0.29) is 17.2 Å². The highest BCUT2D eigenvalue weighted by molar-refractivity contribution is 7.99. The van der Waals surface area contributed by atoms with E-state index in [1.807, 2.05) is 50.5 Å². The molecule has 3 heterocycles. The summed E-state index contributed by atoms with van der Waals surface area (Å²) in [4.78, 5) is 17.3. The number of fused-ring (bicyclic) bond motifs is 1. The maximum Gasteiger partial charge on any atom is 0.183 e. The molecule has 1 aromatic carbocycles. The van der Waals surface area contributed by atoms with E-state index < -0.39 is 0 Å². The fourth-order valence-electron chi connectivity index (χ4n) is 3.35. The Balaban J connectivity index is 1.65. The highest BCUT2D eigenvalue weighted by Crippen LogP contribution is 2.35. The standard InChI is InChI=1S/C19H19N3OS/c1-12-17(14-7-3-4-8-16(14)22(12)2)18(23)15-11-24-19(21-15)13-6-5-9-20-10-13/h3-10,15,19,21H,11H2,1-2H3. The van der Waals surface area contributed by atoms with Gasteiger partial charge in [-0.25, -0.2) is 0 Å². The molecule has 122 valence electrons. The molecule has 3 aromatic rings. The van der Waals surface area contributed by atoms with Gasteiger partial charge in [0.1, 0.15) is 0 Å². The van der Waals surface area contributed by atoms with Crippen LogP contribution >= 0.6 is 11.8 Å². The lowest BCUT2D eigenvalue weighted by Gasteiger charge is -2.13. The normalized spacial score (nSPS) is 20.6. The van der Waals surface area contributed by atoms with Gasteiger partial charge >= 0.3 is 0 Å². The Kier molecular flexibility index (Phi) is 3.90. The van der Waals surface area contributed by atoms with Gasteiger partial charge in [-0.1, -0.05) is 24.3 Å². The van der Waals surface area contributed by atoms with Crippen molar-refractivity contribution in [2.45, 2.75) is 18.3 Å². The molecule has 1 aliphatic rings. The number of nitrogens with one attached hydrogen (secondary N) is 1. The number of aryl methyl sites for hydroxylation is 1. The predicted octanol–water partition coefficient (Wildman–Crippen LogP) is 3.47. The van der Waals surface area contributed by atoms with Crippen molar-refractivity contribution in [1.82, 2.24) is 14.9 Å². The summed E-state index contributed by atoms with van der Waals surface area (Å²) in [6.07, 6.45) is 3.63. The zero-order valence-corrected chi connectivity index (χ0v) is 14.5. The summed E-state index contributed by atoms with van der Waals surface area (Å²) in [7, 11) is 2.02. The van der Waals surface area contributed by atoms with Gasteiger partial charge in [-0.05, 0) is 24.6 Å². The number of rotatable bonds is 3. The maximum absolute atomic E-state index is 13.2. The highest BCUT2D eigenvalue weighted by Gasteiger charge is 2.33. The molecule has 0 bridgehead atoms. The first kappa shape index (κ1) is 15.4. The molecule has 0 aliphatic carbocycles. The lowest BCUT2D eigenvalue weighted by atomic mass is 10.0. The molecule has 1 N–H and O–H groups in total. The number of Topliss-reactive ketones (excluding diaryl/α,β-unsaturated/α-hetero) is 1. The van der Waals surface area contributed by atoms with E-state index in [2.05, 4.69) is 20.9 Å². The minimum atomic E-state index is -0.162. The number of benzene rings is 1. The van der Waals surface area contributed by atoms with Gasteiger partial charge in [-0.15, -0.1) is 11.8 Å². The van der Waals surface area contributed by atoms with Crippen LogP contribution in [0.25, 0.3) is 10.9 Å². The molecule has 0 saturated carbocycles. The van der Waals surface area contributed by atoms with E-state index in [4.69, 9.17) is 0 Å². The molecular weight excluding hydrogens is 318 g/mol. The van der Waals surface area contributed by atoms with Crippen LogP contribution < -0.4 is 5.32 Å². The van der Waals surface area contributed by atoms with Crippen LogP contribution in [0.1, 0.15) is 27.0 Å². The van der Waals surface area contributed by atoms with E-state index >= 15 is 0 Å². The number of thioether (sulfide) groups is 1. The summed E-state index contributed by atoms with van der Waals surface area (Å²) in [5.74, 6) is 0.962. The van der Waals surface area contributed by atoms with Crippen LogP contribution in [-0.2, 0) is 7.05 Å². The van der Waals surface area contributed by atoms with Crippen LogP contribution in [0.4, 0.5) is 0 Å². The lowest BCUT2D eigenvalue weighted by molar-refractivity contribution is 0.0956. The second-order valence-corrected chi connectivity index (χ2v) is 7.26. The number of aromatic nitrogens is 2. The zero-order valence-electron chi connectivity index (χ0n) is 13.7. The zero-order chi connectivity index (χ0) is 16.7. The summed E-state index contributed by atoms with van der Waals surface area (Å²) in [5.41, 5.74) is 4.09. The topological polar surface area (TPSA) is 46.9 Å². The molecule has 4 nitrogen and oxygen atoms in total. The summed E-state index contributed by atoms with van der Waals surface area (Å²) in [6, 6.07) is 11.9. The fourth-order valence-corrected chi connectivity index (χ4v) is 4.58. The van der Waals surface area contributed by atoms with Crippen molar-refractivity contribution in [3.05, 3.63) is 65.6 Å². The summed E-state index contributed by atoms with van der Waals surface area (Å²) in [6.45, 7) is 2.02. The average Bonchev–Trinajstić information content (AvgIpc) is 3.20. The second kappa shape index (κ2) is 6.07. The fraction of sp³-hybridized carbons (Fsp3) is 0.263. The second-order valence-electron chi connectivity index (χ2n) is 6.12. The van der Waals surface area contributed by atoms with E-state index in [1.54, 1.807) is 18.0 Å². The molecule has 0 amide bonds. The van der Waals surface area contributed by atoms with Crippen molar-refractivity contribution in [1.29, 1.82) is 0 Å². The molecule has 2 atom stereocenters. The average molecular weight is 337 g/mol. The van der Waals surface area contributed by atoms with Crippen molar-refractivity contribution < 1.29 is 4.79 Å². The van der Waals surface area contributed by atoms with Gasteiger partial charge in [0.15, 0.2) is 5.78 Å². The number of carbonyl (C=O) groups excluding carboxylic acids is 1. The Morgan fingerprint density at radius 1 is 1.29 bits per heavy atom. The number of ketones is 1. The number of hydrogen-bond donors (Lipinski definition) is 1. The minimum Gasteiger partial charge on any atom is -0.347 e. The third-order valence-electron chi connectivity index (χ3n) is 4.73. The maximum atomic E-state index is 13.2. The van der Waals surface area contributed by atoms with Crippen LogP contribution in [0.15, 0.2) is 48.8 Å². The minimum absolute atomic E-state index is 0.128. The van der Waals surface area contributed by atoms with Crippen molar-refractivity contribution in [3.63, 3.8) is 0 Å². The SMILES string of the molecule is Cc1c(C(=O)C2CSC(c3cccnc3)N2)c2ccccc2n1C. The molecule has 5 heteroatoms. The Hall–Kier alpha value is -2.11. The number of para-hydroxylation sites is 1. The van der Waals surface area contributed by atoms with E-state index in [0.29, 0.717) is 0 Å². The first-order chi connectivity index (χ1) is 11.7. The largest absolute Gasteiger partial charge is 0.347 e. The van der Waals surface area contributed by atoms with Crippen LogP contribution in [0.2, 0.25) is 0 Å². The van der Waals surface area contributed by atoms with E-state index in [9.17, 15) is 4.79 Å². The van der Waals surface area contributed by atoms with Crippen LogP contribution in [-0.4, -0.2) is 27.1 Å². The molecular formula is C19H19N3OS. The first-order valence-electron chi connectivity index (χ1n) is 8.02. The molecule has 2 aromatic heterocycles. The van der Waals surface area contributed by atoms with Gasteiger partial charge in [0, 0.05) is 47.4 Å². The quantitative estimate of drug-likeness (QED) is 0.744. The smallest absolute Gasteiger partial charge is 0.183 e. The summed E-state index contributed by atoms with van der Waals surface area (Å²) in [5, 5.41) is 4.64.